The summed E-state index contributed by atoms with van der Waals surface area (Å²) in [6.07, 6.45) is 5.42. The van der Waals surface area contributed by atoms with Crippen molar-refractivity contribution in [1.82, 2.24) is 14.6 Å². The predicted octanol–water partition coefficient (Wildman–Crippen LogP) is 2.78. The molecule has 1 amide bonds. The van der Waals surface area contributed by atoms with Gasteiger partial charge >= 0.3 is 0 Å². The minimum Gasteiger partial charge on any atom is -0.326 e. The summed E-state index contributed by atoms with van der Waals surface area (Å²) in [7, 11) is 0. The number of nitrogens with zero attached hydrogens (tertiary/aromatic N) is 3. The third-order valence-corrected chi connectivity index (χ3v) is 3.62. The van der Waals surface area contributed by atoms with Crippen molar-refractivity contribution < 1.29 is 4.79 Å². The Morgan fingerprint density at radius 3 is 2.67 bits per heavy atom. The van der Waals surface area contributed by atoms with Crippen LogP contribution in [-0.4, -0.2) is 20.5 Å². The van der Waals surface area contributed by atoms with Gasteiger partial charge in [0.05, 0.1) is 17.5 Å². The van der Waals surface area contributed by atoms with Crippen LogP contribution in [0, 0.1) is 0 Å². The fraction of sp³-hybridized carbons (Fsp3) is 0.0667. The predicted molar refractivity (Wildman–Crippen MR) is 81.9 cm³/mol. The molecule has 0 aliphatic heterocycles. The number of rotatable bonds is 4. The Morgan fingerprint density at radius 2 is 2.00 bits per heavy atom. The average molecular weight is 296 g/mol. The van der Waals surface area contributed by atoms with E-state index in [0.717, 1.165) is 21.7 Å². The van der Waals surface area contributed by atoms with Crippen molar-refractivity contribution in [2.24, 2.45) is 0 Å². The summed E-state index contributed by atoms with van der Waals surface area (Å²) in [6.45, 7) is 0. The molecule has 0 aliphatic rings. The van der Waals surface area contributed by atoms with Crippen LogP contribution < -0.4 is 5.32 Å². The number of amides is 1. The second-order valence-corrected chi connectivity index (χ2v) is 5.23. The highest BCUT2D eigenvalue weighted by molar-refractivity contribution is 7.09. The third kappa shape index (κ3) is 3.49. The lowest BCUT2D eigenvalue weighted by atomic mass is 10.1. The number of hydrogen-bond donors (Lipinski definition) is 1. The van der Waals surface area contributed by atoms with Gasteiger partial charge in [0.25, 0.3) is 0 Å². The van der Waals surface area contributed by atoms with Crippen molar-refractivity contribution in [3.05, 3.63) is 60.6 Å². The second-order valence-electron chi connectivity index (χ2n) is 4.45. The van der Waals surface area contributed by atoms with Gasteiger partial charge in [0.1, 0.15) is 0 Å². The molecule has 21 heavy (non-hydrogen) atoms. The zero-order valence-electron chi connectivity index (χ0n) is 11.1. The first-order valence-electron chi connectivity index (χ1n) is 6.38. The van der Waals surface area contributed by atoms with Crippen LogP contribution in [0.5, 0.6) is 0 Å². The van der Waals surface area contributed by atoms with Gasteiger partial charge in [-0.3, -0.25) is 9.78 Å². The van der Waals surface area contributed by atoms with Gasteiger partial charge in [-0.1, -0.05) is 22.7 Å². The van der Waals surface area contributed by atoms with Crippen LogP contribution in [0.3, 0.4) is 0 Å². The number of aromatic nitrogens is 3. The fourth-order valence-corrected chi connectivity index (χ4v) is 2.42. The minimum absolute atomic E-state index is 0.0600. The van der Waals surface area contributed by atoms with Crippen molar-refractivity contribution in [2.75, 3.05) is 5.32 Å². The monoisotopic (exact) mass is 296 g/mol. The number of carbonyl (C=O) groups is 1. The molecule has 0 atom stereocenters. The molecule has 0 radical (unpaired) electrons. The third-order valence-electron chi connectivity index (χ3n) is 2.90. The largest absolute Gasteiger partial charge is 0.326 e. The molecule has 0 bridgehead atoms. The van der Waals surface area contributed by atoms with E-state index in [1.807, 2.05) is 36.4 Å². The highest BCUT2D eigenvalue weighted by Crippen LogP contribution is 2.23. The van der Waals surface area contributed by atoms with E-state index in [1.54, 1.807) is 18.6 Å². The Bertz CT molecular complexity index is 711. The van der Waals surface area contributed by atoms with Crippen LogP contribution in [0.4, 0.5) is 5.69 Å². The van der Waals surface area contributed by atoms with Gasteiger partial charge in [-0.15, -0.1) is 5.10 Å². The SMILES string of the molecule is O=C(Cc1cccnc1)Nc1ccc(-c2cnns2)cc1. The molecule has 0 spiro atoms. The maximum Gasteiger partial charge on any atom is 0.228 e. The molecule has 0 saturated heterocycles. The lowest BCUT2D eigenvalue weighted by Gasteiger charge is -2.05. The molecule has 1 aromatic carbocycles. The Balaban J connectivity index is 1.64. The van der Waals surface area contributed by atoms with Crippen LogP contribution in [0.1, 0.15) is 5.56 Å². The lowest BCUT2D eigenvalue weighted by molar-refractivity contribution is -0.115. The molecular formula is C15H12N4OS. The van der Waals surface area contributed by atoms with Crippen LogP contribution in [-0.2, 0) is 11.2 Å². The molecule has 3 aromatic rings. The van der Waals surface area contributed by atoms with Crippen molar-refractivity contribution in [1.29, 1.82) is 0 Å². The second kappa shape index (κ2) is 6.23. The van der Waals surface area contributed by atoms with Crippen LogP contribution >= 0.6 is 11.5 Å². The van der Waals surface area contributed by atoms with Crippen molar-refractivity contribution in [3.8, 4) is 10.4 Å². The van der Waals surface area contributed by atoms with E-state index in [0.29, 0.717) is 6.42 Å². The van der Waals surface area contributed by atoms with Crippen LogP contribution in [0.25, 0.3) is 10.4 Å². The Labute approximate surface area is 125 Å². The number of carbonyl (C=O) groups excluding carboxylic acids is 1. The lowest BCUT2D eigenvalue weighted by Crippen LogP contribution is -2.14. The summed E-state index contributed by atoms with van der Waals surface area (Å²) in [5.74, 6) is -0.0600. The molecule has 0 unspecified atom stereocenters. The summed E-state index contributed by atoms with van der Waals surface area (Å²) < 4.78 is 3.83. The van der Waals surface area contributed by atoms with E-state index in [9.17, 15) is 4.79 Å². The van der Waals surface area contributed by atoms with Crippen LogP contribution in [0.2, 0.25) is 0 Å². The molecule has 3 rings (SSSR count). The van der Waals surface area contributed by atoms with E-state index >= 15 is 0 Å². The topological polar surface area (TPSA) is 67.8 Å². The van der Waals surface area contributed by atoms with Crippen molar-refractivity contribution >= 4 is 23.1 Å². The van der Waals surface area contributed by atoms with Gasteiger partial charge in [0, 0.05) is 18.1 Å². The molecule has 2 aromatic heterocycles. The zero-order chi connectivity index (χ0) is 14.5. The summed E-state index contributed by atoms with van der Waals surface area (Å²) in [5.41, 5.74) is 2.70. The highest BCUT2D eigenvalue weighted by atomic mass is 32.1. The number of pyridine rings is 1. The molecule has 0 aliphatic carbocycles. The van der Waals surface area contributed by atoms with E-state index in [-0.39, 0.29) is 5.91 Å². The molecule has 6 heteroatoms. The summed E-state index contributed by atoms with van der Waals surface area (Å²) in [4.78, 5) is 16.9. The van der Waals surface area contributed by atoms with Gasteiger partial charge in [0.2, 0.25) is 5.91 Å². The first-order chi connectivity index (χ1) is 10.3. The van der Waals surface area contributed by atoms with Crippen molar-refractivity contribution in [3.63, 3.8) is 0 Å². The normalized spacial score (nSPS) is 10.3. The number of anilines is 1. The smallest absolute Gasteiger partial charge is 0.228 e. The Kier molecular flexibility index (Phi) is 3.97. The zero-order valence-corrected chi connectivity index (χ0v) is 11.9. The molecule has 0 saturated carbocycles. The van der Waals surface area contributed by atoms with E-state index < -0.39 is 0 Å². The quantitative estimate of drug-likeness (QED) is 0.804. The molecule has 1 N–H and O–H groups in total. The maximum atomic E-state index is 11.9. The van der Waals surface area contributed by atoms with Gasteiger partial charge in [-0.2, -0.15) is 0 Å². The first-order valence-corrected chi connectivity index (χ1v) is 7.15. The van der Waals surface area contributed by atoms with Gasteiger partial charge in [0.15, 0.2) is 0 Å². The van der Waals surface area contributed by atoms with Crippen LogP contribution in [0.15, 0.2) is 55.0 Å². The Hall–Kier alpha value is -2.60. The molecule has 0 fully saturated rings. The van der Waals surface area contributed by atoms with Gasteiger partial charge in [-0.05, 0) is 40.9 Å². The number of nitrogens with one attached hydrogen (secondary N) is 1. The first kappa shape index (κ1) is 13.4. The highest BCUT2D eigenvalue weighted by Gasteiger charge is 2.05. The molecule has 5 nitrogen and oxygen atoms in total. The molecular weight excluding hydrogens is 284 g/mol. The van der Waals surface area contributed by atoms with Gasteiger partial charge < -0.3 is 5.32 Å². The van der Waals surface area contributed by atoms with E-state index in [2.05, 4.69) is 19.9 Å². The minimum atomic E-state index is -0.0600. The number of benzene rings is 1. The molecule has 104 valence electrons. The van der Waals surface area contributed by atoms with E-state index in [4.69, 9.17) is 0 Å². The maximum absolute atomic E-state index is 11.9. The molecule has 2 heterocycles. The van der Waals surface area contributed by atoms with E-state index in [1.165, 1.54) is 11.5 Å². The summed E-state index contributed by atoms with van der Waals surface area (Å²) in [6, 6.07) is 11.3. The standard InChI is InChI=1S/C15H12N4OS/c20-15(8-11-2-1-7-16-9-11)18-13-5-3-12(4-6-13)14-10-17-19-21-14/h1-7,9-10H,8H2,(H,18,20). The van der Waals surface area contributed by atoms with Crippen molar-refractivity contribution in [2.45, 2.75) is 6.42 Å². The Morgan fingerprint density at radius 1 is 1.14 bits per heavy atom. The number of hydrogen-bond acceptors (Lipinski definition) is 5. The fourth-order valence-electron chi connectivity index (χ4n) is 1.91. The average Bonchev–Trinajstić information content (AvgIpc) is 3.03. The van der Waals surface area contributed by atoms with Gasteiger partial charge in [-0.25, -0.2) is 0 Å². The summed E-state index contributed by atoms with van der Waals surface area (Å²) >= 11 is 1.34. The summed E-state index contributed by atoms with van der Waals surface area (Å²) in [5, 5.41) is 6.68.